The number of nitrogens with two attached hydrogens (primary N) is 1. The third kappa shape index (κ3) is 3.00. The molecule has 1 aromatic carbocycles. The van der Waals surface area contributed by atoms with E-state index in [9.17, 15) is 4.79 Å². The highest BCUT2D eigenvalue weighted by Gasteiger charge is 2.18. The number of rotatable bonds is 5. The first kappa shape index (κ1) is 13.7. The SMILES string of the molecule is CCCN(CCC)c1cc2c(cc1N)CCC(=O)N2. The number of nitrogens with zero attached hydrogens (tertiary/aromatic N) is 1. The maximum absolute atomic E-state index is 11.5. The summed E-state index contributed by atoms with van der Waals surface area (Å²) < 4.78 is 0. The van der Waals surface area contributed by atoms with Gasteiger partial charge in [0, 0.05) is 25.2 Å². The van der Waals surface area contributed by atoms with Crippen molar-refractivity contribution in [1.82, 2.24) is 0 Å². The molecule has 0 radical (unpaired) electrons. The van der Waals surface area contributed by atoms with Crippen LogP contribution in [0, 0.1) is 0 Å². The van der Waals surface area contributed by atoms with E-state index >= 15 is 0 Å². The van der Waals surface area contributed by atoms with E-state index in [1.165, 1.54) is 0 Å². The largest absolute Gasteiger partial charge is 0.397 e. The van der Waals surface area contributed by atoms with Crippen LogP contribution in [0.25, 0.3) is 0 Å². The number of anilines is 3. The van der Waals surface area contributed by atoms with Gasteiger partial charge < -0.3 is 16.0 Å². The number of carbonyl (C=O) groups excluding carboxylic acids is 1. The van der Waals surface area contributed by atoms with Crippen molar-refractivity contribution < 1.29 is 4.79 Å². The monoisotopic (exact) mass is 261 g/mol. The average molecular weight is 261 g/mol. The van der Waals surface area contributed by atoms with Crippen LogP contribution in [0.1, 0.15) is 38.7 Å². The minimum Gasteiger partial charge on any atom is -0.397 e. The Kier molecular flexibility index (Phi) is 4.30. The first-order valence-corrected chi connectivity index (χ1v) is 7.12. The van der Waals surface area contributed by atoms with Gasteiger partial charge in [0.25, 0.3) is 0 Å². The molecule has 104 valence electrons. The Labute approximate surface area is 115 Å². The second-order valence-corrected chi connectivity index (χ2v) is 5.10. The fourth-order valence-electron chi connectivity index (χ4n) is 2.60. The Morgan fingerprint density at radius 1 is 1.21 bits per heavy atom. The highest BCUT2D eigenvalue weighted by molar-refractivity contribution is 5.95. The summed E-state index contributed by atoms with van der Waals surface area (Å²) in [4.78, 5) is 13.8. The summed E-state index contributed by atoms with van der Waals surface area (Å²) in [6, 6.07) is 4.05. The van der Waals surface area contributed by atoms with Crippen molar-refractivity contribution in [3.63, 3.8) is 0 Å². The van der Waals surface area contributed by atoms with E-state index in [2.05, 4.69) is 24.1 Å². The number of benzene rings is 1. The molecule has 0 saturated heterocycles. The van der Waals surface area contributed by atoms with Crippen LogP contribution >= 0.6 is 0 Å². The lowest BCUT2D eigenvalue weighted by Crippen LogP contribution is -2.27. The number of amides is 1. The number of fused-ring (bicyclic) bond motifs is 1. The minimum absolute atomic E-state index is 0.0979. The molecule has 0 atom stereocenters. The van der Waals surface area contributed by atoms with Crippen LogP contribution in [0.2, 0.25) is 0 Å². The van der Waals surface area contributed by atoms with Gasteiger partial charge in [-0.25, -0.2) is 0 Å². The van der Waals surface area contributed by atoms with Gasteiger partial charge in [-0.1, -0.05) is 13.8 Å². The van der Waals surface area contributed by atoms with E-state index in [1.807, 2.05) is 12.1 Å². The molecule has 0 bridgehead atoms. The van der Waals surface area contributed by atoms with Crippen molar-refractivity contribution in [3.8, 4) is 0 Å². The summed E-state index contributed by atoms with van der Waals surface area (Å²) in [5.74, 6) is 0.0979. The molecule has 0 aromatic heterocycles. The van der Waals surface area contributed by atoms with Crippen LogP contribution in [0.15, 0.2) is 12.1 Å². The molecule has 0 aliphatic carbocycles. The molecule has 19 heavy (non-hydrogen) atoms. The first-order chi connectivity index (χ1) is 9.15. The Morgan fingerprint density at radius 3 is 2.53 bits per heavy atom. The van der Waals surface area contributed by atoms with Crippen LogP contribution in [0.4, 0.5) is 17.1 Å². The molecule has 1 heterocycles. The molecule has 1 aliphatic heterocycles. The van der Waals surface area contributed by atoms with Gasteiger partial charge in [-0.05, 0) is 37.0 Å². The third-order valence-electron chi connectivity index (χ3n) is 3.48. The third-order valence-corrected chi connectivity index (χ3v) is 3.48. The van der Waals surface area contributed by atoms with Gasteiger partial charge in [0.05, 0.1) is 11.4 Å². The zero-order chi connectivity index (χ0) is 13.8. The van der Waals surface area contributed by atoms with Crippen molar-refractivity contribution >= 4 is 23.0 Å². The molecule has 2 rings (SSSR count). The predicted molar refractivity (Wildman–Crippen MR) is 80.6 cm³/mol. The molecule has 1 aromatic rings. The van der Waals surface area contributed by atoms with Gasteiger partial charge in [-0.15, -0.1) is 0 Å². The molecule has 0 saturated carbocycles. The fourth-order valence-corrected chi connectivity index (χ4v) is 2.60. The van der Waals surface area contributed by atoms with E-state index in [4.69, 9.17) is 5.73 Å². The van der Waals surface area contributed by atoms with Crippen LogP contribution in [0.5, 0.6) is 0 Å². The van der Waals surface area contributed by atoms with Crippen molar-refractivity contribution in [2.24, 2.45) is 0 Å². The van der Waals surface area contributed by atoms with Gasteiger partial charge >= 0.3 is 0 Å². The number of hydrogen-bond donors (Lipinski definition) is 2. The summed E-state index contributed by atoms with van der Waals surface area (Å²) in [5, 5.41) is 2.95. The fraction of sp³-hybridized carbons (Fsp3) is 0.533. The minimum atomic E-state index is 0.0979. The van der Waals surface area contributed by atoms with Gasteiger partial charge in [0.15, 0.2) is 0 Å². The topological polar surface area (TPSA) is 58.4 Å². The lowest BCUT2D eigenvalue weighted by molar-refractivity contribution is -0.116. The molecule has 0 spiro atoms. The molecule has 0 fully saturated rings. The van der Waals surface area contributed by atoms with E-state index in [1.54, 1.807) is 0 Å². The van der Waals surface area contributed by atoms with Crippen LogP contribution in [-0.4, -0.2) is 19.0 Å². The van der Waals surface area contributed by atoms with Gasteiger partial charge in [-0.3, -0.25) is 4.79 Å². The average Bonchev–Trinajstić information content (AvgIpc) is 2.38. The van der Waals surface area contributed by atoms with E-state index < -0.39 is 0 Å². The smallest absolute Gasteiger partial charge is 0.224 e. The molecule has 4 nitrogen and oxygen atoms in total. The lowest BCUT2D eigenvalue weighted by Gasteiger charge is -2.28. The van der Waals surface area contributed by atoms with E-state index in [0.29, 0.717) is 6.42 Å². The second-order valence-electron chi connectivity index (χ2n) is 5.10. The molecular formula is C15H23N3O. The normalized spacial score (nSPS) is 13.9. The Hall–Kier alpha value is -1.71. The first-order valence-electron chi connectivity index (χ1n) is 7.12. The van der Waals surface area contributed by atoms with Gasteiger partial charge in [0.2, 0.25) is 5.91 Å². The standard InChI is InChI=1S/C15H23N3O/c1-3-7-18(8-4-2)14-10-13-11(9-12(14)16)5-6-15(19)17-13/h9-10H,3-8,16H2,1-2H3,(H,17,19). The summed E-state index contributed by atoms with van der Waals surface area (Å²) in [6.07, 6.45) is 3.51. The van der Waals surface area contributed by atoms with Crippen LogP contribution < -0.4 is 16.0 Å². The number of hydrogen-bond acceptors (Lipinski definition) is 3. The summed E-state index contributed by atoms with van der Waals surface area (Å²) in [7, 11) is 0. The molecule has 0 unspecified atom stereocenters. The second kappa shape index (κ2) is 5.95. The van der Waals surface area contributed by atoms with Gasteiger partial charge in [0.1, 0.15) is 0 Å². The molecular weight excluding hydrogens is 238 g/mol. The van der Waals surface area contributed by atoms with Crippen LogP contribution in [0.3, 0.4) is 0 Å². The Bertz CT molecular complexity index is 465. The maximum Gasteiger partial charge on any atom is 0.224 e. The van der Waals surface area contributed by atoms with E-state index in [-0.39, 0.29) is 5.91 Å². The number of nitrogens with one attached hydrogen (secondary N) is 1. The maximum atomic E-state index is 11.5. The molecule has 1 amide bonds. The summed E-state index contributed by atoms with van der Waals surface area (Å²) in [5.41, 5.74) is 10.1. The Balaban J connectivity index is 2.34. The van der Waals surface area contributed by atoms with E-state index in [0.717, 1.165) is 55.0 Å². The summed E-state index contributed by atoms with van der Waals surface area (Å²) >= 11 is 0. The predicted octanol–water partition coefficient (Wildman–Crippen LogP) is 2.78. The van der Waals surface area contributed by atoms with Crippen LogP contribution in [-0.2, 0) is 11.2 Å². The number of carbonyl (C=O) groups is 1. The highest BCUT2D eigenvalue weighted by Crippen LogP contribution is 2.33. The molecule has 4 heteroatoms. The summed E-state index contributed by atoms with van der Waals surface area (Å²) in [6.45, 7) is 6.31. The molecule has 1 aliphatic rings. The van der Waals surface area contributed by atoms with Crippen molar-refractivity contribution in [1.29, 1.82) is 0 Å². The Morgan fingerprint density at radius 2 is 1.89 bits per heavy atom. The highest BCUT2D eigenvalue weighted by atomic mass is 16.1. The van der Waals surface area contributed by atoms with Crippen molar-refractivity contribution in [2.75, 3.05) is 29.0 Å². The zero-order valence-electron chi connectivity index (χ0n) is 11.8. The number of nitrogen functional groups attached to an aromatic ring is 1. The van der Waals surface area contributed by atoms with Crippen molar-refractivity contribution in [3.05, 3.63) is 17.7 Å². The quantitative estimate of drug-likeness (QED) is 0.801. The number of aryl methyl sites for hydroxylation is 1. The van der Waals surface area contributed by atoms with Gasteiger partial charge in [-0.2, -0.15) is 0 Å². The zero-order valence-corrected chi connectivity index (χ0v) is 11.8. The van der Waals surface area contributed by atoms with Crippen molar-refractivity contribution in [2.45, 2.75) is 39.5 Å². The lowest BCUT2D eigenvalue weighted by atomic mass is 10.0. The molecule has 3 N–H and O–H groups in total.